The predicted octanol–water partition coefficient (Wildman–Crippen LogP) is 2.50. The summed E-state index contributed by atoms with van der Waals surface area (Å²) in [6.45, 7) is 3.97. The molecular weight excluding hydrogens is 238 g/mol. The van der Waals surface area contributed by atoms with Gasteiger partial charge in [-0.1, -0.05) is 31.2 Å². The number of hydrogen-bond donors (Lipinski definition) is 2. The van der Waals surface area contributed by atoms with Gasteiger partial charge in [0.2, 0.25) is 0 Å². The van der Waals surface area contributed by atoms with Crippen LogP contribution in [0.2, 0.25) is 0 Å². The number of aliphatic hydroxyl groups excluding tert-OH is 1. The molecule has 0 aromatic heterocycles. The topological polar surface area (TPSA) is 41.5 Å². The largest absolute Gasteiger partial charge is 0.494 e. The maximum atomic E-state index is 9.08. The SMILES string of the molecule is CCCOc1ccc(CN[C@@H]2C=C[C@H](CO)C2)cc1. The second-order valence-corrected chi connectivity index (χ2v) is 5.04. The first-order chi connectivity index (χ1) is 9.31. The molecule has 1 aliphatic carbocycles. The van der Waals surface area contributed by atoms with Gasteiger partial charge in [-0.25, -0.2) is 0 Å². The molecule has 1 aromatic carbocycles. The van der Waals surface area contributed by atoms with Gasteiger partial charge in [-0.15, -0.1) is 0 Å². The van der Waals surface area contributed by atoms with Crippen molar-refractivity contribution in [3.05, 3.63) is 42.0 Å². The van der Waals surface area contributed by atoms with E-state index in [1.54, 1.807) is 0 Å². The highest BCUT2D eigenvalue weighted by molar-refractivity contribution is 5.27. The molecule has 1 aromatic rings. The first kappa shape index (κ1) is 14.1. The summed E-state index contributed by atoms with van der Waals surface area (Å²) in [5.41, 5.74) is 1.25. The third kappa shape index (κ3) is 4.37. The van der Waals surface area contributed by atoms with E-state index in [0.29, 0.717) is 12.0 Å². The molecule has 104 valence electrons. The van der Waals surface area contributed by atoms with Crippen molar-refractivity contribution in [2.24, 2.45) is 5.92 Å². The standard InChI is InChI=1S/C16H23NO2/c1-2-9-19-16-7-4-13(5-8-16)11-17-15-6-3-14(10-15)12-18/h3-8,14-15,17-18H,2,9-12H2,1H3/t14-,15+/m0/s1. The molecule has 0 unspecified atom stereocenters. The van der Waals surface area contributed by atoms with Crippen LogP contribution in [-0.4, -0.2) is 24.4 Å². The van der Waals surface area contributed by atoms with E-state index in [1.165, 1.54) is 5.56 Å². The molecule has 3 heteroatoms. The van der Waals surface area contributed by atoms with Crippen molar-refractivity contribution in [2.75, 3.05) is 13.2 Å². The third-order valence-corrected chi connectivity index (χ3v) is 3.37. The Hall–Kier alpha value is -1.32. The maximum Gasteiger partial charge on any atom is 0.119 e. The summed E-state index contributed by atoms with van der Waals surface area (Å²) in [6.07, 6.45) is 6.27. The minimum atomic E-state index is 0.248. The number of nitrogens with one attached hydrogen (secondary N) is 1. The van der Waals surface area contributed by atoms with Crippen LogP contribution in [0.15, 0.2) is 36.4 Å². The third-order valence-electron chi connectivity index (χ3n) is 3.37. The minimum Gasteiger partial charge on any atom is -0.494 e. The minimum absolute atomic E-state index is 0.248. The lowest BCUT2D eigenvalue weighted by Crippen LogP contribution is -2.26. The van der Waals surface area contributed by atoms with Gasteiger partial charge >= 0.3 is 0 Å². The van der Waals surface area contributed by atoms with Crippen LogP contribution in [0.3, 0.4) is 0 Å². The number of hydrogen-bond acceptors (Lipinski definition) is 3. The zero-order chi connectivity index (χ0) is 13.5. The van der Waals surface area contributed by atoms with Gasteiger partial charge in [0.25, 0.3) is 0 Å². The average molecular weight is 261 g/mol. The predicted molar refractivity (Wildman–Crippen MR) is 77.2 cm³/mol. The van der Waals surface area contributed by atoms with E-state index in [9.17, 15) is 0 Å². The zero-order valence-corrected chi connectivity index (χ0v) is 11.5. The first-order valence-electron chi connectivity index (χ1n) is 7.06. The smallest absolute Gasteiger partial charge is 0.119 e. The number of ether oxygens (including phenoxy) is 1. The summed E-state index contributed by atoms with van der Waals surface area (Å²) in [6, 6.07) is 8.62. The number of aliphatic hydroxyl groups is 1. The van der Waals surface area contributed by atoms with Crippen LogP contribution in [0.25, 0.3) is 0 Å². The van der Waals surface area contributed by atoms with E-state index in [4.69, 9.17) is 9.84 Å². The van der Waals surface area contributed by atoms with Gasteiger partial charge in [-0.3, -0.25) is 0 Å². The van der Waals surface area contributed by atoms with Crippen LogP contribution in [0.1, 0.15) is 25.3 Å². The maximum absolute atomic E-state index is 9.08. The fourth-order valence-electron chi connectivity index (χ4n) is 2.23. The van der Waals surface area contributed by atoms with Crippen molar-refractivity contribution < 1.29 is 9.84 Å². The summed E-state index contributed by atoms with van der Waals surface area (Å²) in [4.78, 5) is 0. The molecule has 2 atom stereocenters. The van der Waals surface area contributed by atoms with Crippen molar-refractivity contribution in [1.82, 2.24) is 5.32 Å². The highest BCUT2D eigenvalue weighted by Crippen LogP contribution is 2.18. The summed E-state index contributed by atoms with van der Waals surface area (Å²) in [5, 5.41) is 12.6. The van der Waals surface area contributed by atoms with Crippen LogP contribution in [-0.2, 0) is 6.54 Å². The van der Waals surface area contributed by atoms with Crippen LogP contribution in [0, 0.1) is 5.92 Å². The Kier molecular flexibility index (Phi) is 5.43. The van der Waals surface area contributed by atoms with Crippen molar-refractivity contribution in [3.8, 4) is 5.75 Å². The molecule has 2 N–H and O–H groups in total. The summed E-state index contributed by atoms with van der Waals surface area (Å²) >= 11 is 0. The lowest BCUT2D eigenvalue weighted by atomic mass is 10.1. The molecule has 0 fully saturated rings. The van der Waals surface area contributed by atoms with Crippen molar-refractivity contribution in [2.45, 2.75) is 32.4 Å². The Morgan fingerprint density at radius 1 is 1.26 bits per heavy atom. The highest BCUT2D eigenvalue weighted by Gasteiger charge is 2.17. The second-order valence-electron chi connectivity index (χ2n) is 5.04. The van der Waals surface area contributed by atoms with Crippen LogP contribution in [0.4, 0.5) is 0 Å². The summed E-state index contributed by atoms with van der Waals surface area (Å²) < 4.78 is 5.56. The molecule has 19 heavy (non-hydrogen) atoms. The van der Waals surface area contributed by atoms with Crippen LogP contribution in [0.5, 0.6) is 5.75 Å². The average Bonchev–Trinajstić information content (AvgIpc) is 2.92. The van der Waals surface area contributed by atoms with Gasteiger partial charge < -0.3 is 15.2 Å². The van der Waals surface area contributed by atoms with E-state index < -0.39 is 0 Å². The van der Waals surface area contributed by atoms with Gasteiger partial charge in [0, 0.05) is 25.1 Å². The molecule has 0 radical (unpaired) electrons. The molecule has 0 aliphatic heterocycles. The van der Waals surface area contributed by atoms with Gasteiger partial charge in [-0.05, 0) is 30.5 Å². The molecule has 0 saturated heterocycles. The molecule has 3 nitrogen and oxygen atoms in total. The van der Waals surface area contributed by atoms with E-state index in [-0.39, 0.29) is 6.61 Å². The first-order valence-corrected chi connectivity index (χ1v) is 7.06. The van der Waals surface area contributed by atoms with E-state index >= 15 is 0 Å². The van der Waals surface area contributed by atoms with Crippen molar-refractivity contribution in [1.29, 1.82) is 0 Å². The van der Waals surface area contributed by atoms with Crippen molar-refractivity contribution >= 4 is 0 Å². The number of rotatable bonds is 7. The Bertz CT molecular complexity index is 400. The monoisotopic (exact) mass is 261 g/mol. The summed E-state index contributed by atoms with van der Waals surface area (Å²) in [5.74, 6) is 1.26. The lowest BCUT2D eigenvalue weighted by molar-refractivity contribution is 0.246. The van der Waals surface area contributed by atoms with Gasteiger partial charge in [0.1, 0.15) is 5.75 Å². The van der Waals surface area contributed by atoms with Crippen LogP contribution < -0.4 is 10.1 Å². The molecule has 0 amide bonds. The quantitative estimate of drug-likeness (QED) is 0.741. The zero-order valence-electron chi connectivity index (χ0n) is 11.5. The Morgan fingerprint density at radius 2 is 2.05 bits per heavy atom. The van der Waals surface area contributed by atoms with Crippen LogP contribution >= 0.6 is 0 Å². The molecule has 0 bridgehead atoms. The fraction of sp³-hybridized carbons (Fsp3) is 0.500. The Morgan fingerprint density at radius 3 is 2.68 bits per heavy atom. The van der Waals surface area contributed by atoms with E-state index in [2.05, 4.69) is 36.5 Å². The second kappa shape index (κ2) is 7.31. The summed E-state index contributed by atoms with van der Waals surface area (Å²) in [7, 11) is 0. The number of benzene rings is 1. The molecule has 0 saturated carbocycles. The van der Waals surface area contributed by atoms with Gasteiger partial charge in [0.15, 0.2) is 0 Å². The molecule has 1 aliphatic rings. The van der Waals surface area contributed by atoms with E-state index in [1.807, 2.05) is 12.1 Å². The Labute approximate surface area is 115 Å². The lowest BCUT2D eigenvalue weighted by Gasteiger charge is -2.13. The molecular formula is C16H23NO2. The molecule has 2 rings (SSSR count). The van der Waals surface area contributed by atoms with Gasteiger partial charge in [-0.2, -0.15) is 0 Å². The van der Waals surface area contributed by atoms with Gasteiger partial charge in [0.05, 0.1) is 6.61 Å². The normalized spacial score (nSPS) is 21.8. The molecule has 0 heterocycles. The Balaban J connectivity index is 1.76. The van der Waals surface area contributed by atoms with E-state index in [0.717, 1.165) is 31.7 Å². The molecule has 0 spiro atoms. The van der Waals surface area contributed by atoms with Crippen molar-refractivity contribution in [3.63, 3.8) is 0 Å². The fourth-order valence-corrected chi connectivity index (χ4v) is 2.23. The highest BCUT2D eigenvalue weighted by atomic mass is 16.5.